The van der Waals surface area contributed by atoms with E-state index < -0.39 is 12.1 Å². The van der Waals surface area contributed by atoms with Crippen LogP contribution < -0.4 is 9.47 Å². The molecule has 1 unspecified atom stereocenters. The summed E-state index contributed by atoms with van der Waals surface area (Å²) in [5.41, 5.74) is 2.74. The number of fused-ring (bicyclic) bond motifs is 3. The number of benzene rings is 2. The van der Waals surface area contributed by atoms with Gasteiger partial charge in [-0.15, -0.1) is 0 Å². The van der Waals surface area contributed by atoms with E-state index >= 15 is 0 Å². The number of β-amino-alcohol motifs (C(OH)–C–C–N with tert-alkyl or cyclic N) is 1. The van der Waals surface area contributed by atoms with Crippen molar-refractivity contribution < 1.29 is 28.9 Å². The molecule has 0 bridgehead atoms. The molecule has 4 aliphatic heterocycles. The summed E-state index contributed by atoms with van der Waals surface area (Å²) in [6.45, 7) is -0.227. The smallest absolute Gasteiger partial charge is 0.275 e. The summed E-state index contributed by atoms with van der Waals surface area (Å²) in [6.07, 6.45) is -0.857. The van der Waals surface area contributed by atoms with Gasteiger partial charge in [-0.25, -0.2) is 4.99 Å². The van der Waals surface area contributed by atoms with Gasteiger partial charge in [0.05, 0.1) is 17.9 Å². The van der Waals surface area contributed by atoms with E-state index in [0.29, 0.717) is 28.3 Å². The Morgan fingerprint density at radius 2 is 1.97 bits per heavy atom. The van der Waals surface area contributed by atoms with E-state index in [2.05, 4.69) is 10.9 Å². The van der Waals surface area contributed by atoms with Crippen molar-refractivity contribution >= 4 is 28.9 Å². The van der Waals surface area contributed by atoms with E-state index in [-0.39, 0.29) is 43.9 Å². The molecule has 0 aromatic heterocycles. The number of hydrogen-bond donors (Lipinski definition) is 1. The Bertz CT molecular complexity index is 1280. The fraction of sp³-hybridized carbons (Fsp3) is 0.217. The lowest BCUT2D eigenvalue weighted by Crippen LogP contribution is -2.52. The Morgan fingerprint density at radius 3 is 2.84 bits per heavy atom. The van der Waals surface area contributed by atoms with Gasteiger partial charge in [0.2, 0.25) is 18.9 Å². The van der Waals surface area contributed by atoms with Crippen LogP contribution in [-0.4, -0.2) is 59.1 Å². The first-order chi connectivity index (χ1) is 15.7. The molecule has 160 valence electrons. The van der Waals surface area contributed by atoms with E-state index in [9.17, 15) is 14.7 Å². The Morgan fingerprint density at radius 1 is 1.12 bits per heavy atom. The molecule has 32 heavy (non-hydrogen) atoms. The topological polar surface area (TPSA) is 101 Å². The van der Waals surface area contributed by atoms with E-state index in [1.165, 1.54) is 9.80 Å². The first kappa shape index (κ1) is 18.7. The van der Waals surface area contributed by atoms with Gasteiger partial charge < -0.3 is 24.2 Å². The summed E-state index contributed by atoms with van der Waals surface area (Å²) in [6, 6.07) is 12.7. The number of nitrogens with zero attached hydrogens (tertiary/aromatic N) is 3. The second-order valence-corrected chi connectivity index (χ2v) is 7.59. The van der Waals surface area contributed by atoms with Crippen molar-refractivity contribution in [1.29, 1.82) is 0 Å². The van der Waals surface area contributed by atoms with E-state index in [4.69, 9.17) is 14.2 Å². The maximum Gasteiger partial charge on any atom is 0.275 e. The van der Waals surface area contributed by atoms with Crippen LogP contribution >= 0.6 is 0 Å². The number of carbonyl (C=O) groups excluding carboxylic acids is 2. The van der Waals surface area contributed by atoms with Gasteiger partial charge >= 0.3 is 0 Å². The van der Waals surface area contributed by atoms with Crippen molar-refractivity contribution in [2.45, 2.75) is 6.23 Å². The van der Waals surface area contributed by atoms with Crippen molar-refractivity contribution in [3.05, 3.63) is 65.0 Å². The summed E-state index contributed by atoms with van der Waals surface area (Å²) in [5.74, 6) is 3.64. The predicted molar refractivity (Wildman–Crippen MR) is 111 cm³/mol. The molecular formula is C23H17N3O6. The first-order valence-electron chi connectivity index (χ1n) is 10.1. The van der Waals surface area contributed by atoms with Crippen LogP contribution in [0.2, 0.25) is 0 Å². The largest absolute Gasteiger partial charge is 0.462 e. The zero-order chi connectivity index (χ0) is 21.8. The number of para-hydroxylation sites is 1. The van der Waals surface area contributed by atoms with E-state index in [1.807, 2.05) is 24.3 Å². The SMILES string of the molecule is O=C1C2=C(C3=C=Nc4ccccc43)OC(c3ccc4c(c3)OCO4)N2C(=O)CN1CCO. The molecule has 9 heteroatoms. The molecule has 4 heterocycles. The van der Waals surface area contributed by atoms with Gasteiger partial charge in [0.15, 0.2) is 23.0 Å². The number of aliphatic hydroxyl groups is 1. The Hall–Kier alpha value is -4.07. The number of allylic oxidation sites excluding steroid dienone is 1. The standard InChI is InChI=1S/C23H17N3O6/c27-8-7-25-11-19(28)26-20(22(25)29)21(15-10-24-16-4-2-1-3-14(15)16)32-23(26)13-5-6-17-18(9-13)31-12-30-17/h1-6,9,23,27H,7-8,11-12H2. The second kappa shape index (κ2) is 6.98. The molecule has 0 aliphatic carbocycles. The predicted octanol–water partition coefficient (Wildman–Crippen LogP) is 1.72. The quantitative estimate of drug-likeness (QED) is 0.791. The van der Waals surface area contributed by atoms with Gasteiger partial charge in [0.1, 0.15) is 6.54 Å². The van der Waals surface area contributed by atoms with Crippen molar-refractivity contribution in [2.24, 2.45) is 4.99 Å². The highest BCUT2D eigenvalue weighted by Crippen LogP contribution is 2.47. The molecule has 2 aromatic rings. The molecule has 0 spiro atoms. The number of aliphatic hydroxyl groups excluding tert-OH is 1. The van der Waals surface area contributed by atoms with Gasteiger partial charge in [-0.2, -0.15) is 0 Å². The number of rotatable bonds is 4. The number of piperazine rings is 1. The van der Waals surface area contributed by atoms with Gasteiger partial charge in [0.25, 0.3) is 5.91 Å². The molecule has 0 saturated carbocycles. The van der Waals surface area contributed by atoms with Crippen LogP contribution in [-0.2, 0) is 14.3 Å². The summed E-state index contributed by atoms with van der Waals surface area (Å²) >= 11 is 0. The fourth-order valence-corrected chi connectivity index (χ4v) is 4.26. The molecule has 9 nitrogen and oxygen atoms in total. The summed E-state index contributed by atoms with van der Waals surface area (Å²) in [7, 11) is 0. The third-order valence-electron chi connectivity index (χ3n) is 5.74. The molecule has 4 aliphatic rings. The van der Waals surface area contributed by atoms with Crippen LogP contribution in [0.15, 0.2) is 58.9 Å². The molecule has 2 amide bonds. The molecule has 0 radical (unpaired) electrons. The summed E-state index contributed by atoms with van der Waals surface area (Å²) < 4.78 is 17.1. The molecule has 6 rings (SSSR count). The van der Waals surface area contributed by atoms with Crippen LogP contribution in [0, 0.1) is 0 Å². The van der Waals surface area contributed by atoms with E-state index in [1.54, 1.807) is 18.2 Å². The first-order valence-corrected chi connectivity index (χ1v) is 10.1. The highest BCUT2D eigenvalue weighted by Gasteiger charge is 2.49. The third-order valence-corrected chi connectivity index (χ3v) is 5.74. The van der Waals surface area contributed by atoms with Gasteiger partial charge in [0, 0.05) is 23.5 Å². The Balaban J connectivity index is 1.47. The maximum absolute atomic E-state index is 13.4. The van der Waals surface area contributed by atoms with E-state index in [0.717, 1.165) is 5.56 Å². The number of amides is 2. The Labute approximate surface area is 182 Å². The minimum atomic E-state index is -0.857. The van der Waals surface area contributed by atoms with Gasteiger partial charge in [-0.1, -0.05) is 18.2 Å². The van der Waals surface area contributed by atoms with Crippen LogP contribution in [0.4, 0.5) is 5.69 Å². The van der Waals surface area contributed by atoms with Crippen LogP contribution in [0.5, 0.6) is 11.5 Å². The van der Waals surface area contributed by atoms with Crippen LogP contribution in [0.1, 0.15) is 17.4 Å². The average molecular weight is 431 g/mol. The zero-order valence-electron chi connectivity index (χ0n) is 16.8. The lowest BCUT2D eigenvalue weighted by molar-refractivity contribution is -0.150. The zero-order valence-corrected chi connectivity index (χ0v) is 16.8. The minimum absolute atomic E-state index is 0.0492. The van der Waals surface area contributed by atoms with Crippen molar-refractivity contribution in [3.63, 3.8) is 0 Å². The lowest BCUT2D eigenvalue weighted by Gasteiger charge is -2.34. The lowest BCUT2D eigenvalue weighted by atomic mass is 10.0. The normalized spacial score (nSPS) is 20.5. The van der Waals surface area contributed by atoms with Crippen molar-refractivity contribution in [2.75, 3.05) is 26.5 Å². The summed E-state index contributed by atoms with van der Waals surface area (Å²) in [4.78, 5) is 33.5. The van der Waals surface area contributed by atoms with Crippen LogP contribution in [0.3, 0.4) is 0 Å². The highest BCUT2D eigenvalue weighted by molar-refractivity contribution is 6.12. The average Bonchev–Trinajstić information content (AvgIpc) is 3.53. The third kappa shape index (κ3) is 2.65. The highest BCUT2D eigenvalue weighted by atomic mass is 16.7. The fourth-order valence-electron chi connectivity index (χ4n) is 4.26. The molecule has 1 atom stereocenters. The molecule has 1 N–H and O–H groups in total. The monoisotopic (exact) mass is 431 g/mol. The minimum Gasteiger partial charge on any atom is -0.462 e. The summed E-state index contributed by atoms with van der Waals surface area (Å²) in [5, 5.41) is 9.37. The molecule has 2 aromatic carbocycles. The van der Waals surface area contributed by atoms with Crippen LogP contribution in [0.25, 0.3) is 5.57 Å². The van der Waals surface area contributed by atoms with Crippen molar-refractivity contribution in [1.82, 2.24) is 9.80 Å². The Kier molecular flexibility index (Phi) is 4.07. The number of carbonyl (C=O) groups is 2. The van der Waals surface area contributed by atoms with Gasteiger partial charge in [-0.05, 0) is 24.3 Å². The van der Waals surface area contributed by atoms with Gasteiger partial charge in [-0.3, -0.25) is 14.5 Å². The molecular weight excluding hydrogens is 414 g/mol. The second-order valence-electron chi connectivity index (χ2n) is 7.59. The number of aliphatic imine (C=N–C) groups is 1. The van der Waals surface area contributed by atoms with Crippen molar-refractivity contribution in [3.8, 4) is 11.5 Å². The molecule has 1 saturated heterocycles. The molecule has 1 fully saturated rings. The number of hydrogen-bond acceptors (Lipinski definition) is 7. The maximum atomic E-state index is 13.4. The number of ether oxygens (including phenoxy) is 3.